The number of hydrogen-bond acceptors (Lipinski definition) is 5. The molecule has 0 N–H and O–H groups in total. The quantitative estimate of drug-likeness (QED) is 0.252. The molecular formula is C25H27NO4. The molecule has 0 atom stereocenters. The molecule has 3 rings (SSSR count). The van der Waals surface area contributed by atoms with Gasteiger partial charge in [-0.1, -0.05) is 43.3 Å². The van der Waals surface area contributed by atoms with Gasteiger partial charge in [-0.25, -0.2) is 0 Å². The van der Waals surface area contributed by atoms with Crippen LogP contribution in [0.1, 0.15) is 59.7 Å². The van der Waals surface area contributed by atoms with Gasteiger partial charge in [-0.2, -0.15) is 0 Å². The van der Waals surface area contributed by atoms with Gasteiger partial charge in [-0.3, -0.25) is 4.79 Å². The molecule has 0 unspecified atom stereocenters. The highest BCUT2D eigenvalue weighted by Crippen LogP contribution is 2.16. The normalized spacial score (nSPS) is 11.6. The Balaban J connectivity index is 1.50. The average molecular weight is 405 g/mol. The van der Waals surface area contributed by atoms with Gasteiger partial charge in [0, 0.05) is 0 Å². The van der Waals surface area contributed by atoms with Crippen LogP contribution in [-0.2, 0) is 11.4 Å². The number of benzene rings is 2. The Kier molecular flexibility index (Phi) is 7.07. The first-order valence-corrected chi connectivity index (χ1v) is 10.0. The van der Waals surface area contributed by atoms with Crippen LogP contribution in [0.15, 0.2) is 70.2 Å². The Labute approximate surface area is 177 Å². The SMILES string of the molecule is C/C(=N\OCc1ccc(C(C)C)cc1)c1ccc(OCC(=O)c2ccc(C)o2)cc1. The first-order valence-electron chi connectivity index (χ1n) is 10.0. The lowest BCUT2D eigenvalue weighted by Crippen LogP contribution is -2.10. The zero-order valence-electron chi connectivity index (χ0n) is 17.8. The Hall–Kier alpha value is -3.34. The van der Waals surface area contributed by atoms with E-state index in [4.69, 9.17) is 14.0 Å². The molecule has 0 spiro atoms. The van der Waals surface area contributed by atoms with Gasteiger partial charge >= 0.3 is 0 Å². The van der Waals surface area contributed by atoms with E-state index in [9.17, 15) is 4.79 Å². The third-order valence-electron chi connectivity index (χ3n) is 4.74. The van der Waals surface area contributed by atoms with Crippen LogP contribution in [-0.4, -0.2) is 18.1 Å². The molecule has 5 nitrogen and oxygen atoms in total. The molecule has 0 saturated heterocycles. The monoisotopic (exact) mass is 405 g/mol. The van der Waals surface area contributed by atoms with Crippen LogP contribution in [0.25, 0.3) is 0 Å². The number of Topliss-reactive ketones (excluding diaryl/α,β-unsaturated/α-hetero) is 1. The summed E-state index contributed by atoms with van der Waals surface area (Å²) in [5.41, 5.74) is 4.07. The van der Waals surface area contributed by atoms with Crippen LogP contribution in [0.3, 0.4) is 0 Å². The number of ketones is 1. The van der Waals surface area contributed by atoms with Gasteiger partial charge in [0.2, 0.25) is 5.78 Å². The number of oxime groups is 1. The summed E-state index contributed by atoms with van der Waals surface area (Å²) in [7, 11) is 0. The second-order valence-corrected chi connectivity index (χ2v) is 7.49. The van der Waals surface area contributed by atoms with Crippen molar-refractivity contribution < 1.29 is 18.8 Å². The number of hydrogen-bond donors (Lipinski definition) is 0. The first kappa shape index (κ1) is 21.4. The molecule has 0 aliphatic heterocycles. The number of ether oxygens (including phenoxy) is 1. The summed E-state index contributed by atoms with van der Waals surface area (Å²) >= 11 is 0. The Morgan fingerprint density at radius 2 is 1.70 bits per heavy atom. The van der Waals surface area contributed by atoms with Crippen molar-refractivity contribution in [1.82, 2.24) is 0 Å². The fraction of sp³-hybridized carbons (Fsp3) is 0.280. The highest BCUT2D eigenvalue weighted by molar-refractivity contribution is 5.98. The van der Waals surface area contributed by atoms with E-state index in [1.54, 1.807) is 31.2 Å². The van der Waals surface area contributed by atoms with Gasteiger partial charge in [-0.15, -0.1) is 0 Å². The van der Waals surface area contributed by atoms with Crippen LogP contribution in [0.4, 0.5) is 0 Å². The van der Waals surface area contributed by atoms with E-state index in [0.717, 1.165) is 16.8 Å². The van der Waals surface area contributed by atoms with E-state index < -0.39 is 0 Å². The zero-order valence-corrected chi connectivity index (χ0v) is 17.8. The van der Waals surface area contributed by atoms with E-state index >= 15 is 0 Å². The minimum absolute atomic E-state index is 0.0713. The maximum absolute atomic E-state index is 12.0. The van der Waals surface area contributed by atoms with Gasteiger partial charge in [0.1, 0.15) is 18.1 Å². The third kappa shape index (κ3) is 5.83. The van der Waals surface area contributed by atoms with E-state index in [0.29, 0.717) is 29.8 Å². The highest BCUT2D eigenvalue weighted by atomic mass is 16.6. The van der Waals surface area contributed by atoms with Crippen LogP contribution < -0.4 is 4.74 Å². The number of carbonyl (C=O) groups excluding carboxylic acids is 1. The molecule has 0 radical (unpaired) electrons. The smallest absolute Gasteiger partial charge is 0.235 e. The maximum atomic E-state index is 12.0. The molecule has 0 saturated carbocycles. The number of nitrogens with zero attached hydrogens (tertiary/aromatic N) is 1. The molecule has 0 amide bonds. The summed E-state index contributed by atoms with van der Waals surface area (Å²) in [5, 5.41) is 4.20. The van der Waals surface area contributed by atoms with Gasteiger partial charge in [0.15, 0.2) is 12.4 Å². The van der Waals surface area contributed by atoms with Crippen LogP contribution in [0, 0.1) is 6.92 Å². The summed E-state index contributed by atoms with van der Waals surface area (Å²) in [6.07, 6.45) is 0. The van der Waals surface area contributed by atoms with Crippen molar-refractivity contribution in [2.45, 2.75) is 40.2 Å². The first-order chi connectivity index (χ1) is 14.4. The molecule has 5 heteroatoms. The van der Waals surface area contributed by atoms with Crippen molar-refractivity contribution in [3.63, 3.8) is 0 Å². The molecule has 30 heavy (non-hydrogen) atoms. The van der Waals surface area contributed by atoms with Gasteiger partial charge in [-0.05, 0) is 72.9 Å². The molecule has 0 aliphatic carbocycles. The minimum Gasteiger partial charge on any atom is -0.485 e. The Morgan fingerprint density at radius 3 is 2.30 bits per heavy atom. The van der Waals surface area contributed by atoms with E-state index in [1.807, 2.05) is 19.1 Å². The summed E-state index contributed by atoms with van der Waals surface area (Å²) in [6, 6.07) is 19.2. The molecular weight excluding hydrogens is 378 g/mol. The summed E-state index contributed by atoms with van der Waals surface area (Å²) < 4.78 is 10.9. The number of furan rings is 1. The maximum Gasteiger partial charge on any atom is 0.235 e. The molecule has 0 aliphatic rings. The highest BCUT2D eigenvalue weighted by Gasteiger charge is 2.11. The van der Waals surface area contributed by atoms with Crippen LogP contribution >= 0.6 is 0 Å². The number of rotatable bonds is 9. The van der Waals surface area contributed by atoms with Crippen molar-refractivity contribution in [1.29, 1.82) is 0 Å². The van der Waals surface area contributed by atoms with Crippen LogP contribution in [0.5, 0.6) is 5.75 Å². The Bertz CT molecular complexity index is 998. The molecule has 2 aromatic carbocycles. The fourth-order valence-electron chi connectivity index (χ4n) is 2.85. The fourth-order valence-corrected chi connectivity index (χ4v) is 2.85. The molecule has 0 fully saturated rings. The second-order valence-electron chi connectivity index (χ2n) is 7.49. The Morgan fingerprint density at radius 1 is 1.00 bits per heavy atom. The lowest BCUT2D eigenvalue weighted by Gasteiger charge is -2.07. The molecule has 0 bridgehead atoms. The van der Waals surface area contributed by atoms with Crippen molar-refractivity contribution in [2.75, 3.05) is 6.61 Å². The second kappa shape index (κ2) is 9.92. The van der Waals surface area contributed by atoms with E-state index in [1.165, 1.54) is 5.56 Å². The van der Waals surface area contributed by atoms with Gasteiger partial charge in [0.05, 0.1) is 5.71 Å². The predicted octanol–water partition coefficient (Wildman–Crippen LogP) is 5.91. The molecule has 3 aromatic rings. The molecule has 156 valence electrons. The molecule has 1 aromatic heterocycles. The predicted molar refractivity (Wildman–Crippen MR) is 117 cm³/mol. The third-order valence-corrected chi connectivity index (χ3v) is 4.74. The number of aryl methyl sites for hydroxylation is 1. The zero-order chi connectivity index (χ0) is 21.5. The van der Waals surface area contributed by atoms with Crippen molar-refractivity contribution in [3.8, 4) is 5.75 Å². The van der Waals surface area contributed by atoms with Crippen molar-refractivity contribution in [2.24, 2.45) is 5.16 Å². The standard InChI is InChI=1S/C25H27NO4/c1-17(2)21-8-6-20(7-9-21)15-29-26-19(4)22-10-12-23(13-11-22)28-16-24(27)25-14-5-18(3)30-25/h5-14,17H,15-16H2,1-4H3/b26-19+. The largest absolute Gasteiger partial charge is 0.485 e. The van der Waals surface area contributed by atoms with Crippen molar-refractivity contribution >= 4 is 11.5 Å². The topological polar surface area (TPSA) is 61.0 Å². The average Bonchev–Trinajstić information content (AvgIpc) is 3.19. The lowest BCUT2D eigenvalue weighted by molar-refractivity contribution is 0.0892. The van der Waals surface area contributed by atoms with Crippen molar-refractivity contribution in [3.05, 3.63) is 88.9 Å². The van der Waals surface area contributed by atoms with Gasteiger partial charge < -0.3 is 14.0 Å². The van der Waals surface area contributed by atoms with Crippen LogP contribution in [0.2, 0.25) is 0 Å². The van der Waals surface area contributed by atoms with Gasteiger partial charge in [0.25, 0.3) is 0 Å². The summed E-state index contributed by atoms with van der Waals surface area (Å²) in [6.45, 7) is 8.39. The minimum atomic E-state index is -0.195. The molecule has 1 heterocycles. The van der Waals surface area contributed by atoms with E-state index in [2.05, 4.69) is 43.3 Å². The summed E-state index contributed by atoms with van der Waals surface area (Å²) in [5.74, 6) is 1.93. The summed E-state index contributed by atoms with van der Waals surface area (Å²) in [4.78, 5) is 17.5. The number of carbonyl (C=O) groups is 1. The van der Waals surface area contributed by atoms with E-state index in [-0.39, 0.29) is 12.4 Å². The lowest BCUT2D eigenvalue weighted by atomic mass is 10.0.